The minimum atomic E-state index is 0.0214. The number of carbonyl (C=O) groups is 1. The Kier molecular flexibility index (Phi) is 4.15. The van der Waals surface area contributed by atoms with Crippen LogP contribution in [0.4, 0.5) is 5.69 Å². The Morgan fingerprint density at radius 1 is 1.44 bits per heavy atom. The molecular formula is C13H17N3OS. The van der Waals surface area contributed by atoms with Gasteiger partial charge in [0.15, 0.2) is 0 Å². The molecule has 0 fully saturated rings. The predicted molar refractivity (Wildman–Crippen MR) is 76.0 cm³/mol. The highest BCUT2D eigenvalue weighted by atomic mass is 32.1. The molecule has 2 aromatic rings. The maximum atomic E-state index is 11.6. The fourth-order valence-corrected chi connectivity index (χ4v) is 2.24. The van der Waals surface area contributed by atoms with Crippen LogP contribution in [0.3, 0.4) is 0 Å². The summed E-state index contributed by atoms with van der Waals surface area (Å²) in [5, 5.41) is 5.99. The lowest BCUT2D eigenvalue weighted by molar-refractivity contribution is -0.119. The van der Waals surface area contributed by atoms with Gasteiger partial charge >= 0.3 is 0 Å². The van der Waals surface area contributed by atoms with E-state index in [1.807, 2.05) is 23.7 Å². The molecule has 2 N–H and O–H groups in total. The van der Waals surface area contributed by atoms with Crippen molar-refractivity contribution in [3.05, 3.63) is 23.7 Å². The Morgan fingerprint density at radius 2 is 2.28 bits per heavy atom. The minimum Gasteiger partial charge on any atom is -0.376 e. The molecule has 0 aliphatic rings. The molecule has 1 amide bonds. The number of aromatic nitrogens is 1. The molecule has 0 radical (unpaired) electrons. The van der Waals surface area contributed by atoms with Crippen LogP contribution in [0.2, 0.25) is 0 Å². The number of hydrogen-bond acceptors (Lipinski definition) is 4. The van der Waals surface area contributed by atoms with Gasteiger partial charge in [-0.3, -0.25) is 4.79 Å². The third-order valence-corrected chi connectivity index (χ3v) is 3.28. The second kappa shape index (κ2) is 5.82. The Bertz CT molecular complexity index is 536. The number of rotatable bonds is 5. The predicted octanol–water partition coefficient (Wildman–Crippen LogP) is 2.48. The zero-order valence-corrected chi connectivity index (χ0v) is 11.4. The summed E-state index contributed by atoms with van der Waals surface area (Å²) >= 11 is 1.60. The molecule has 0 spiro atoms. The van der Waals surface area contributed by atoms with Gasteiger partial charge in [-0.1, -0.05) is 13.8 Å². The Morgan fingerprint density at radius 3 is 3.06 bits per heavy atom. The summed E-state index contributed by atoms with van der Waals surface area (Å²) in [5.74, 6) is 0.496. The van der Waals surface area contributed by atoms with E-state index in [0.717, 1.165) is 15.9 Å². The van der Waals surface area contributed by atoms with Crippen LogP contribution in [0.5, 0.6) is 0 Å². The number of nitrogens with zero attached hydrogens (tertiary/aromatic N) is 1. The lowest BCUT2D eigenvalue weighted by atomic mass is 10.2. The highest BCUT2D eigenvalue weighted by Gasteiger charge is 2.03. The molecule has 1 aromatic carbocycles. The maximum Gasteiger partial charge on any atom is 0.239 e. The molecule has 0 bridgehead atoms. The fraction of sp³-hybridized carbons (Fsp3) is 0.385. The molecule has 0 saturated heterocycles. The number of thiazole rings is 1. The second-order valence-electron chi connectivity index (χ2n) is 4.59. The van der Waals surface area contributed by atoms with E-state index in [4.69, 9.17) is 0 Å². The standard InChI is InChI=1S/C13H17N3OS/c1-9(2)6-15-13(17)7-14-10-3-4-11-12(5-10)18-8-16-11/h3-5,8-9,14H,6-7H2,1-2H3,(H,15,17). The molecule has 5 heteroatoms. The van der Waals surface area contributed by atoms with E-state index in [9.17, 15) is 4.79 Å². The fourth-order valence-electron chi connectivity index (χ4n) is 1.53. The van der Waals surface area contributed by atoms with Gasteiger partial charge in [-0.2, -0.15) is 0 Å². The Labute approximate surface area is 110 Å². The highest BCUT2D eigenvalue weighted by molar-refractivity contribution is 7.16. The number of amides is 1. The van der Waals surface area contributed by atoms with Crippen molar-refractivity contribution in [2.24, 2.45) is 5.92 Å². The lowest BCUT2D eigenvalue weighted by Crippen LogP contribution is -2.32. The largest absolute Gasteiger partial charge is 0.376 e. The normalized spacial score (nSPS) is 10.8. The molecule has 0 aliphatic carbocycles. The molecule has 0 atom stereocenters. The van der Waals surface area contributed by atoms with Gasteiger partial charge in [0.05, 0.1) is 22.3 Å². The summed E-state index contributed by atoms with van der Waals surface area (Å²) in [6.45, 7) is 5.17. The summed E-state index contributed by atoms with van der Waals surface area (Å²) in [7, 11) is 0. The van der Waals surface area contributed by atoms with Gasteiger partial charge < -0.3 is 10.6 Å². The first kappa shape index (κ1) is 12.8. The first-order valence-electron chi connectivity index (χ1n) is 5.99. The number of carbonyl (C=O) groups excluding carboxylic acids is 1. The summed E-state index contributed by atoms with van der Waals surface area (Å²) in [6, 6.07) is 5.92. The van der Waals surface area contributed by atoms with Crippen molar-refractivity contribution in [2.45, 2.75) is 13.8 Å². The Hall–Kier alpha value is -1.62. The lowest BCUT2D eigenvalue weighted by Gasteiger charge is -2.09. The van der Waals surface area contributed by atoms with Gasteiger partial charge in [0.1, 0.15) is 0 Å². The minimum absolute atomic E-state index is 0.0214. The van der Waals surface area contributed by atoms with Crippen molar-refractivity contribution in [1.82, 2.24) is 10.3 Å². The number of nitrogens with one attached hydrogen (secondary N) is 2. The third kappa shape index (κ3) is 3.43. The molecule has 0 aliphatic heterocycles. The van der Waals surface area contributed by atoms with Crippen molar-refractivity contribution in [3.63, 3.8) is 0 Å². The van der Waals surface area contributed by atoms with Crippen LogP contribution in [-0.2, 0) is 4.79 Å². The summed E-state index contributed by atoms with van der Waals surface area (Å²) in [6.07, 6.45) is 0. The van der Waals surface area contributed by atoms with E-state index in [0.29, 0.717) is 19.0 Å². The number of hydrogen-bond donors (Lipinski definition) is 2. The first-order chi connectivity index (χ1) is 8.65. The van der Waals surface area contributed by atoms with Gasteiger partial charge in [-0.25, -0.2) is 4.98 Å². The number of fused-ring (bicyclic) bond motifs is 1. The van der Waals surface area contributed by atoms with E-state index in [1.54, 1.807) is 11.3 Å². The van der Waals surface area contributed by atoms with Gasteiger partial charge in [-0.05, 0) is 24.1 Å². The van der Waals surface area contributed by atoms with Crippen molar-refractivity contribution >= 4 is 33.1 Å². The van der Waals surface area contributed by atoms with Gasteiger partial charge in [0.2, 0.25) is 5.91 Å². The van der Waals surface area contributed by atoms with Crippen molar-refractivity contribution in [3.8, 4) is 0 Å². The molecule has 0 unspecified atom stereocenters. The highest BCUT2D eigenvalue weighted by Crippen LogP contribution is 2.21. The summed E-state index contributed by atoms with van der Waals surface area (Å²) in [5.41, 5.74) is 3.77. The van der Waals surface area contributed by atoms with E-state index in [1.165, 1.54) is 0 Å². The van der Waals surface area contributed by atoms with Crippen LogP contribution < -0.4 is 10.6 Å². The molecular weight excluding hydrogens is 246 g/mol. The van der Waals surface area contributed by atoms with Crippen LogP contribution >= 0.6 is 11.3 Å². The third-order valence-electron chi connectivity index (χ3n) is 2.49. The van der Waals surface area contributed by atoms with Gasteiger partial charge in [-0.15, -0.1) is 11.3 Å². The van der Waals surface area contributed by atoms with E-state index >= 15 is 0 Å². The van der Waals surface area contributed by atoms with Crippen molar-refractivity contribution in [2.75, 3.05) is 18.4 Å². The quantitative estimate of drug-likeness (QED) is 0.871. The van der Waals surface area contributed by atoms with Crippen LogP contribution in [0.15, 0.2) is 23.7 Å². The second-order valence-corrected chi connectivity index (χ2v) is 5.47. The Balaban J connectivity index is 1.87. The molecule has 18 heavy (non-hydrogen) atoms. The van der Waals surface area contributed by atoms with Crippen LogP contribution in [0.1, 0.15) is 13.8 Å². The topological polar surface area (TPSA) is 54.0 Å². The smallest absolute Gasteiger partial charge is 0.239 e. The van der Waals surface area contributed by atoms with Crippen LogP contribution in [0, 0.1) is 5.92 Å². The van der Waals surface area contributed by atoms with Crippen molar-refractivity contribution < 1.29 is 4.79 Å². The molecule has 1 aromatic heterocycles. The molecule has 2 rings (SSSR count). The number of benzene rings is 1. The molecule has 0 saturated carbocycles. The van der Waals surface area contributed by atoms with Crippen molar-refractivity contribution in [1.29, 1.82) is 0 Å². The molecule has 1 heterocycles. The summed E-state index contributed by atoms with van der Waals surface area (Å²) in [4.78, 5) is 15.8. The van der Waals surface area contributed by atoms with Crippen LogP contribution in [-0.4, -0.2) is 24.0 Å². The summed E-state index contributed by atoms with van der Waals surface area (Å²) < 4.78 is 1.13. The van der Waals surface area contributed by atoms with Crippen LogP contribution in [0.25, 0.3) is 10.2 Å². The monoisotopic (exact) mass is 263 g/mol. The van der Waals surface area contributed by atoms with Gasteiger partial charge in [0.25, 0.3) is 0 Å². The average molecular weight is 263 g/mol. The zero-order valence-electron chi connectivity index (χ0n) is 10.6. The van der Waals surface area contributed by atoms with E-state index < -0.39 is 0 Å². The zero-order chi connectivity index (χ0) is 13.0. The first-order valence-corrected chi connectivity index (χ1v) is 6.87. The molecule has 96 valence electrons. The van der Waals surface area contributed by atoms with E-state index in [2.05, 4.69) is 29.5 Å². The average Bonchev–Trinajstić information content (AvgIpc) is 2.81. The van der Waals surface area contributed by atoms with Gasteiger partial charge in [0, 0.05) is 12.2 Å². The van der Waals surface area contributed by atoms with E-state index in [-0.39, 0.29) is 5.91 Å². The number of anilines is 1. The molecule has 4 nitrogen and oxygen atoms in total. The SMILES string of the molecule is CC(C)CNC(=O)CNc1ccc2ncsc2c1. The maximum absolute atomic E-state index is 11.6.